The third kappa shape index (κ3) is 1.91. The van der Waals surface area contributed by atoms with Crippen LogP contribution in [0.15, 0.2) is 0 Å². The maximum atomic E-state index is 6.46. The average molecular weight is 208 g/mol. The van der Waals surface area contributed by atoms with Crippen LogP contribution in [0, 0.1) is 12.8 Å². The number of nitrogens with zero attached hydrogens (tertiary/aromatic N) is 3. The smallest absolute Gasteiger partial charge is 0.147 e. The van der Waals surface area contributed by atoms with Gasteiger partial charge in [-0.1, -0.05) is 19.8 Å². The van der Waals surface area contributed by atoms with Crippen molar-refractivity contribution >= 4 is 0 Å². The molecule has 4 nitrogen and oxygen atoms in total. The Morgan fingerprint density at radius 3 is 2.80 bits per heavy atom. The molecule has 15 heavy (non-hydrogen) atoms. The summed E-state index contributed by atoms with van der Waals surface area (Å²) in [5.41, 5.74) is 6.21. The van der Waals surface area contributed by atoms with Crippen molar-refractivity contribution in [2.45, 2.75) is 45.1 Å². The van der Waals surface area contributed by atoms with Crippen LogP contribution >= 0.6 is 0 Å². The van der Waals surface area contributed by atoms with E-state index in [9.17, 15) is 0 Å². The minimum Gasteiger partial charge on any atom is -0.319 e. The molecule has 2 rings (SSSR count). The Bertz CT molecular complexity index is 357. The van der Waals surface area contributed by atoms with Gasteiger partial charge in [-0.25, -0.2) is 4.98 Å². The molecule has 2 N–H and O–H groups in total. The molecule has 0 aliphatic heterocycles. The van der Waals surface area contributed by atoms with Crippen molar-refractivity contribution in [2.24, 2.45) is 18.7 Å². The summed E-state index contributed by atoms with van der Waals surface area (Å²) >= 11 is 0. The summed E-state index contributed by atoms with van der Waals surface area (Å²) in [6, 6.07) is 0. The van der Waals surface area contributed by atoms with Crippen LogP contribution in [0.25, 0.3) is 0 Å². The average Bonchev–Trinajstić information content (AvgIpc) is 2.45. The lowest BCUT2D eigenvalue weighted by Gasteiger charge is -2.35. The normalized spacial score (nSPS) is 31.9. The van der Waals surface area contributed by atoms with Crippen LogP contribution in [0.4, 0.5) is 0 Å². The van der Waals surface area contributed by atoms with Crippen molar-refractivity contribution < 1.29 is 0 Å². The molecule has 0 aromatic carbocycles. The predicted molar refractivity (Wildman–Crippen MR) is 59.2 cm³/mol. The maximum Gasteiger partial charge on any atom is 0.147 e. The molecule has 1 aromatic rings. The molecule has 1 fully saturated rings. The van der Waals surface area contributed by atoms with Gasteiger partial charge in [0.05, 0.1) is 5.54 Å². The van der Waals surface area contributed by atoms with Gasteiger partial charge >= 0.3 is 0 Å². The molecule has 2 unspecified atom stereocenters. The zero-order valence-electron chi connectivity index (χ0n) is 9.82. The van der Waals surface area contributed by atoms with Crippen molar-refractivity contribution in [1.29, 1.82) is 0 Å². The van der Waals surface area contributed by atoms with E-state index in [0.29, 0.717) is 5.92 Å². The largest absolute Gasteiger partial charge is 0.319 e. The van der Waals surface area contributed by atoms with Crippen LogP contribution in [0.3, 0.4) is 0 Å². The number of hydrogen-bond donors (Lipinski definition) is 1. The highest BCUT2D eigenvalue weighted by Gasteiger charge is 2.36. The number of rotatable bonds is 1. The van der Waals surface area contributed by atoms with Gasteiger partial charge in [0.1, 0.15) is 11.6 Å². The lowest BCUT2D eigenvalue weighted by atomic mass is 9.76. The van der Waals surface area contributed by atoms with Crippen LogP contribution in [0.5, 0.6) is 0 Å². The first-order valence-corrected chi connectivity index (χ1v) is 5.68. The highest BCUT2D eigenvalue weighted by molar-refractivity contribution is 5.08. The van der Waals surface area contributed by atoms with Gasteiger partial charge in [-0.05, 0) is 25.7 Å². The molecular formula is C11H20N4. The minimum atomic E-state index is -0.256. The number of aromatic nitrogens is 3. The van der Waals surface area contributed by atoms with Crippen molar-refractivity contribution in [3.8, 4) is 0 Å². The van der Waals surface area contributed by atoms with E-state index in [1.54, 1.807) is 0 Å². The van der Waals surface area contributed by atoms with E-state index in [4.69, 9.17) is 5.73 Å². The molecule has 1 aromatic heterocycles. The lowest BCUT2D eigenvalue weighted by Crippen LogP contribution is -2.43. The maximum absolute atomic E-state index is 6.46. The Labute approximate surface area is 90.9 Å². The number of nitrogens with two attached hydrogens (primary N) is 1. The summed E-state index contributed by atoms with van der Waals surface area (Å²) in [7, 11) is 1.93. The molecule has 1 saturated carbocycles. The highest BCUT2D eigenvalue weighted by Crippen LogP contribution is 2.36. The van der Waals surface area contributed by atoms with Gasteiger partial charge < -0.3 is 5.73 Å². The Balaban J connectivity index is 2.31. The second-order valence-electron chi connectivity index (χ2n) is 4.96. The zero-order chi connectivity index (χ0) is 11.1. The van der Waals surface area contributed by atoms with E-state index < -0.39 is 0 Å². The summed E-state index contributed by atoms with van der Waals surface area (Å²) in [6.45, 7) is 4.18. The summed E-state index contributed by atoms with van der Waals surface area (Å²) in [4.78, 5) is 4.47. The Kier molecular flexibility index (Phi) is 2.54. The van der Waals surface area contributed by atoms with Crippen LogP contribution in [-0.2, 0) is 12.6 Å². The predicted octanol–water partition coefficient (Wildman–Crippen LogP) is 1.49. The van der Waals surface area contributed by atoms with E-state index in [2.05, 4.69) is 17.0 Å². The van der Waals surface area contributed by atoms with Crippen LogP contribution in [0.2, 0.25) is 0 Å². The van der Waals surface area contributed by atoms with Gasteiger partial charge in [0.2, 0.25) is 0 Å². The third-order valence-electron chi connectivity index (χ3n) is 3.35. The Morgan fingerprint density at radius 2 is 2.27 bits per heavy atom. The number of hydrogen-bond acceptors (Lipinski definition) is 3. The van der Waals surface area contributed by atoms with Gasteiger partial charge in [0.25, 0.3) is 0 Å². The van der Waals surface area contributed by atoms with Crippen molar-refractivity contribution in [3.05, 3.63) is 11.6 Å². The first kappa shape index (κ1) is 10.6. The molecule has 0 spiro atoms. The van der Waals surface area contributed by atoms with E-state index in [0.717, 1.165) is 24.5 Å². The first-order chi connectivity index (χ1) is 7.01. The zero-order valence-corrected chi connectivity index (χ0v) is 9.82. The second kappa shape index (κ2) is 3.59. The quantitative estimate of drug-likeness (QED) is 0.760. The Morgan fingerprint density at radius 1 is 1.53 bits per heavy atom. The fourth-order valence-electron chi connectivity index (χ4n) is 2.74. The standard InChI is InChI=1S/C11H20N4/c1-8-5-4-6-11(12,7-8)10-13-9(2)14-15(10)3/h8H,4-7,12H2,1-3H3. The minimum absolute atomic E-state index is 0.256. The van der Waals surface area contributed by atoms with E-state index in [1.165, 1.54) is 12.8 Å². The summed E-state index contributed by atoms with van der Waals surface area (Å²) in [6.07, 6.45) is 4.54. The van der Waals surface area contributed by atoms with Crippen molar-refractivity contribution in [2.75, 3.05) is 0 Å². The molecule has 0 saturated heterocycles. The SMILES string of the molecule is Cc1nc(C2(N)CCCC(C)C2)n(C)n1. The molecular weight excluding hydrogens is 188 g/mol. The topological polar surface area (TPSA) is 56.7 Å². The Hall–Kier alpha value is -0.900. The van der Waals surface area contributed by atoms with Gasteiger partial charge in [-0.3, -0.25) is 4.68 Å². The van der Waals surface area contributed by atoms with E-state index in [1.807, 2.05) is 18.7 Å². The molecule has 0 amide bonds. The van der Waals surface area contributed by atoms with Gasteiger partial charge in [0, 0.05) is 7.05 Å². The fourth-order valence-corrected chi connectivity index (χ4v) is 2.74. The molecule has 1 aliphatic carbocycles. The van der Waals surface area contributed by atoms with Gasteiger partial charge in [-0.2, -0.15) is 5.10 Å². The van der Waals surface area contributed by atoms with E-state index >= 15 is 0 Å². The lowest BCUT2D eigenvalue weighted by molar-refractivity contribution is 0.222. The first-order valence-electron chi connectivity index (χ1n) is 5.68. The van der Waals surface area contributed by atoms with Gasteiger partial charge in [-0.15, -0.1) is 0 Å². The molecule has 84 valence electrons. The molecule has 4 heteroatoms. The molecule has 0 radical (unpaired) electrons. The fraction of sp³-hybridized carbons (Fsp3) is 0.818. The monoisotopic (exact) mass is 208 g/mol. The third-order valence-corrected chi connectivity index (χ3v) is 3.35. The van der Waals surface area contributed by atoms with Crippen molar-refractivity contribution in [3.63, 3.8) is 0 Å². The van der Waals surface area contributed by atoms with E-state index in [-0.39, 0.29) is 5.54 Å². The van der Waals surface area contributed by atoms with Crippen LogP contribution in [0.1, 0.15) is 44.3 Å². The second-order valence-corrected chi connectivity index (χ2v) is 4.96. The van der Waals surface area contributed by atoms with Gasteiger partial charge in [0.15, 0.2) is 0 Å². The molecule has 2 atom stereocenters. The number of aryl methyl sites for hydroxylation is 2. The molecule has 1 aliphatic rings. The highest BCUT2D eigenvalue weighted by atomic mass is 15.3. The van der Waals surface area contributed by atoms with Crippen LogP contribution < -0.4 is 5.73 Å². The summed E-state index contributed by atoms with van der Waals surface area (Å²) in [5.74, 6) is 2.46. The summed E-state index contributed by atoms with van der Waals surface area (Å²) in [5, 5.41) is 4.28. The molecule has 0 bridgehead atoms. The molecule has 1 heterocycles. The van der Waals surface area contributed by atoms with Crippen molar-refractivity contribution in [1.82, 2.24) is 14.8 Å². The van der Waals surface area contributed by atoms with Crippen LogP contribution in [-0.4, -0.2) is 14.8 Å². The summed E-state index contributed by atoms with van der Waals surface area (Å²) < 4.78 is 1.84.